The van der Waals surface area contributed by atoms with Gasteiger partial charge in [0.2, 0.25) is 0 Å². The first kappa shape index (κ1) is 15.9. The summed E-state index contributed by atoms with van der Waals surface area (Å²) in [5, 5.41) is 0. The van der Waals surface area contributed by atoms with E-state index in [1.165, 1.54) is 11.3 Å². The quantitative estimate of drug-likeness (QED) is 0.829. The summed E-state index contributed by atoms with van der Waals surface area (Å²) in [7, 11) is 2.15. The first-order valence-electron chi connectivity index (χ1n) is 6.32. The fourth-order valence-corrected chi connectivity index (χ4v) is 2.65. The highest BCUT2D eigenvalue weighted by Crippen LogP contribution is 2.26. The Morgan fingerprint density at radius 1 is 1.44 bits per heavy atom. The molecule has 1 atom stereocenters. The Hall–Kier alpha value is -0.190. The van der Waals surface area contributed by atoms with Crippen molar-refractivity contribution in [2.75, 3.05) is 30.5 Å². The summed E-state index contributed by atoms with van der Waals surface area (Å²) < 4.78 is 1.13. The minimum absolute atomic E-state index is 0.249. The number of rotatable bonds is 7. The lowest BCUT2D eigenvalue weighted by atomic mass is 10.0. The van der Waals surface area contributed by atoms with E-state index in [2.05, 4.69) is 59.3 Å². The highest BCUT2D eigenvalue weighted by molar-refractivity contribution is 9.10. The van der Waals surface area contributed by atoms with E-state index < -0.39 is 0 Å². The van der Waals surface area contributed by atoms with Crippen LogP contribution in [-0.4, -0.2) is 31.6 Å². The maximum atomic E-state index is 6.08. The van der Waals surface area contributed by atoms with Crippen LogP contribution < -0.4 is 10.6 Å². The molecule has 1 aromatic rings. The standard InChI is InChI=1S/C14H23BrN2S/c1-4-13(16)9-11-5-6-12(15)10-14(11)17(2)7-8-18-3/h5-6,10,13H,4,7-9,16H2,1-3H3. The molecular formula is C14H23BrN2S. The van der Waals surface area contributed by atoms with Gasteiger partial charge in [-0.1, -0.05) is 28.9 Å². The van der Waals surface area contributed by atoms with Crippen LogP contribution in [0, 0.1) is 0 Å². The van der Waals surface area contributed by atoms with Crippen LogP contribution in [0.1, 0.15) is 18.9 Å². The average molecular weight is 331 g/mol. The van der Waals surface area contributed by atoms with Crippen molar-refractivity contribution in [3.63, 3.8) is 0 Å². The molecule has 2 N–H and O–H groups in total. The highest BCUT2D eigenvalue weighted by atomic mass is 79.9. The molecule has 2 nitrogen and oxygen atoms in total. The Kier molecular flexibility index (Phi) is 7.12. The van der Waals surface area contributed by atoms with Gasteiger partial charge in [-0.05, 0) is 36.8 Å². The van der Waals surface area contributed by atoms with Crippen molar-refractivity contribution in [3.05, 3.63) is 28.2 Å². The summed E-state index contributed by atoms with van der Waals surface area (Å²) in [6, 6.07) is 6.73. The molecule has 18 heavy (non-hydrogen) atoms. The normalized spacial score (nSPS) is 12.5. The molecule has 0 aliphatic rings. The van der Waals surface area contributed by atoms with Crippen LogP contribution in [0.5, 0.6) is 0 Å². The van der Waals surface area contributed by atoms with Crippen LogP contribution in [-0.2, 0) is 6.42 Å². The van der Waals surface area contributed by atoms with E-state index in [-0.39, 0.29) is 6.04 Å². The molecule has 0 radical (unpaired) electrons. The summed E-state index contributed by atoms with van der Waals surface area (Å²) in [6.07, 6.45) is 4.11. The molecule has 0 saturated carbocycles. The van der Waals surface area contributed by atoms with Gasteiger partial charge in [0, 0.05) is 35.5 Å². The van der Waals surface area contributed by atoms with Crippen molar-refractivity contribution in [1.29, 1.82) is 0 Å². The van der Waals surface area contributed by atoms with Gasteiger partial charge in [-0.15, -0.1) is 0 Å². The molecule has 0 bridgehead atoms. The number of nitrogens with two attached hydrogens (primary N) is 1. The molecule has 0 heterocycles. The number of anilines is 1. The Morgan fingerprint density at radius 3 is 2.78 bits per heavy atom. The summed E-state index contributed by atoms with van der Waals surface area (Å²) in [5.74, 6) is 1.14. The number of thioether (sulfide) groups is 1. The number of hydrogen-bond donors (Lipinski definition) is 1. The van der Waals surface area contributed by atoms with Crippen LogP contribution in [0.2, 0.25) is 0 Å². The topological polar surface area (TPSA) is 29.3 Å². The molecule has 0 saturated heterocycles. The Balaban J connectivity index is 2.88. The zero-order valence-corrected chi connectivity index (χ0v) is 13.9. The molecule has 0 aliphatic heterocycles. The second-order valence-corrected chi connectivity index (χ2v) is 6.46. The monoisotopic (exact) mass is 330 g/mol. The van der Waals surface area contributed by atoms with Crippen molar-refractivity contribution < 1.29 is 0 Å². The van der Waals surface area contributed by atoms with Gasteiger partial charge < -0.3 is 10.6 Å². The van der Waals surface area contributed by atoms with Gasteiger partial charge in [0.15, 0.2) is 0 Å². The Morgan fingerprint density at radius 2 is 2.17 bits per heavy atom. The average Bonchev–Trinajstić information content (AvgIpc) is 2.37. The molecule has 0 fully saturated rings. The molecule has 0 amide bonds. The van der Waals surface area contributed by atoms with Crippen molar-refractivity contribution in [3.8, 4) is 0 Å². The molecule has 0 aromatic heterocycles. The summed E-state index contributed by atoms with van der Waals surface area (Å²) in [5.41, 5.74) is 8.72. The molecule has 0 aliphatic carbocycles. The van der Waals surface area contributed by atoms with Crippen LogP contribution >= 0.6 is 27.7 Å². The van der Waals surface area contributed by atoms with Gasteiger partial charge in [-0.3, -0.25) is 0 Å². The second kappa shape index (κ2) is 8.08. The molecule has 0 spiro atoms. The number of nitrogens with zero attached hydrogens (tertiary/aromatic N) is 1. The van der Waals surface area contributed by atoms with E-state index in [1.54, 1.807) is 0 Å². The van der Waals surface area contributed by atoms with Gasteiger partial charge >= 0.3 is 0 Å². The fourth-order valence-electron chi connectivity index (χ4n) is 1.84. The predicted octanol–water partition coefficient (Wildman–Crippen LogP) is 3.53. The van der Waals surface area contributed by atoms with Crippen LogP contribution in [0.4, 0.5) is 5.69 Å². The third-order valence-electron chi connectivity index (χ3n) is 3.10. The van der Waals surface area contributed by atoms with E-state index in [1.807, 2.05) is 11.8 Å². The minimum Gasteiger partial charge on any atom is -0.374 e. The van der Waals surface area contributed by atoms with Crippen LogP contribution in [0.15, 0.2) is 22.7 Å². The smallest absolute Gasteiger partial charge is 0.0408 e. The lowest BCUT2D eigenvalue weighted by molar-refractivity contribution is 0.645. The van der Waals surface area contributed by atoms with E-state index in [4.69, 9.17) is 5.73 Å². The lowest BCUT2D eigenvalue weighted by Gasteiger charge is -2.23. The number of benzene rings is 1. The number of halogens is 1. The maximum absolute atomic E-state index is 6.08. The highest BCUT2D eigenvalue weighted by Gasteiger charge is 2.10. The minimum atomic E-state index is 0.249. The first-order valence-corrected chi connectivity index (χ1v) is 8.51. The predicted molar refractivity (Wildman–Crippen MR) is 87.8 cm³/mol. The van der Waals surface area contributed by atoms with Gasteiger partial charge in [0.05, 0.1) is 0 Å². The third-order valence-corrected chi connectivity index (χ3v) is 4.18. The van der Waals surface area contributed by atoms with E-state index in [0.29, 0.717) is 0 Å². The first-order chi connectivity index (χ1) is 8.58. The van der Waals surface area contributed by atoms with Gasteiger partial charge in [0.1, 0.15) is 0 Å². The maximum Gasteiger partial charge on any atom is 0.0408 e. The second-order valence-electron chi connectivity index (χ2n) is 4.56. The van der Waals surface area contributed by atoms with Crippen LogP contribution in [0.3, 0.4) is 0 Å². The molecule has 1 rings (SSSR count). The van der Waals surface area contributed by atoms with Crippen LogP contribution in [0.25, 0.3) is 0 Å². The molecule has 1 aromatic carbocycles. The fraction of sp³-hybridized carbons (Fsp3) is 0.571. The van der Waals surface area contributed by atoms with Gasteiger partial charge in [0.25, 0.3) is 0 Å². The number of hydrogen-bond acceptors (Lipinski definition) is 3. The lowest BCUT2D eigenvalue weighted by Crippen LogP contribution is -2.25. The zero-order valence-electron chi connectivity index (χ0n) is 11.4. The Labute approximate surface area is 123 Å². The third kappa shape index (κ3) is 4.82. The van der Waals surface area contributed by atoms with Gasteiger partial charge in [-0.2, -0.15) is 11.8 Å². The van der Waals surface area contributed by atoms with Gasteiger partial charge in [-0.25, -0.2) is 0 Å². The summed E-state index contributed by atoms with van der Waals surface area (Å²) in [6.45, 7) is 3.20. The van der Waals surface area contributed by atoms with E-state index >= 15 is 0 Å². The van der Waals surface area contributed by atoms with Crippen molar-refractivity contribution in [2.24, 2.45) is 5.73 Å². The summed E-state index contributed by atoms with van der Waals surface area (Å²) >= 11 is 5.43. The largest absolute Gasteiger partial charge is 0.374 e. The molecule has 4 heteroatoms. The SMILES string of the molecule is CCC(N)Cc1ccc(Br)cc1N(C)CCSC. The molecular weight excluding hydrogens is 308 g/mol. The van der Waals surface area contributed by atoms with Crippen molar-refractivity contribution >= 4 is 33.4 Å². The van der Waals surface area contributed by atoms with E-state index in [0.717, 1.165) is 29.6 Å². The van der Waals surface area contributed by atoms with Crippen molar-refractivity contribution in [2.45, 2.75) is 25.8 Å². The Bertz CT molecular complexity index is 371. The summed E-state index contributed by atoms with van der Waals surface area (Å²) in [4.78, 5) is 2.32. The van der Waals surface area contributed by atoms with Crippen molar-refractivity contribution in [1.82, 2.24) is 0 Å². The molecule has 102 valence electrons. The zero-order chi connectivity index (χ0) is 13.5. The molecule has 1 unspecified atom stereocenters. The van der Waals surface area contributed by atoms with E-state index in [9.17, 15) is 0 Å².